The Balaban J connectivity index is 1.71. The molecule has 0 atom stereocenters. The van der Waals surface area contributed by atoms with E-state index >= 15 is 0 Å². The van der Waals surface area contributed by atoms with Crippen molar-refractivity contribution in [3.63, 3.8) is 0 Å². The van der Waals surface area contributed by atoms with Crippen LogP contribution >= 0.6 is 0 Å². The molecule has 4 rings (SSSR count). The number of nitrogens with zero attached hydrogens (tertiary/aromatic N) is 3. The van der Waals surface area contributed by atoms with Gasteiger partial charge in [-0.05, 0) is 74.2 Å². The Morgan fingerprint density at radius 3 is 2.56 bits per heavy atom. The van der Waals surface area contributed by atoms with Gasteiger partial charge < -0.3 is 14.4 Å². The zero-order valence-electron chi connectivity index (χ0n) is 20.0. The van der Waals surface area contributed by atoms with E-state index in [9.17, 15) is 14.0 Å². The molecule has 2 aromatic carbocycles. The van der Waals surface area contributed by atoms with Crippen molar-refractivity contribution in [2.24, 2.45) is 7.05 Å². The van der Waals surface area contributed by atoms with Crippen LogP contribution < -0.4 is 0 Å². The summed E-state index contributed by atoms with van der Waals surface area (Å²) in [5.41, 5.74) is 3.78. The number of aryl methyl sites for hydroxylation is 1. The molecule has 178 valence electrons. The molecule has 1 amide bonds. The fourth-order valence-electron chi connectivity index (χ4n) is 3.93. The summed E-state index contributed by atoms with van der Waals surface area (Å²) in [6.07, 6.45) is 3.41. The zero-order valence-corrected chi connectivity index (χ0v) is 20.0. The van der Waals surface area contributed by atoms with E-state index in [2.05, 4.69) is 5.10 Å². The molecule has 8 heteroatoms. The predicted octanol–water partition coefficient (Wildman–Crippen LogP) is 5.19. The Hall–Kier alpha value is -3.68. The second-order valence-corrected chi connectivity index (χ2v) is 9.32. The van der Waals surface area contributed by atoms with Crippen molar-refractivity contribution in [2.45, 2.75) is 33.3 Å². The molecule has 0 bridgehead atoms. The van der Waals surface area contributed by atoms with E-state index in [1.54, 1.807) is 28.8 Å². The van der Waals surface area contributed by atoms with Crippen LogP contribution in [0, 0.1) is 5.82 Å². The minimum Gasteiger partial charge on any atom is -0.462 e. The van der Waals surface area contributed by atoms with Crippen LogP contribution in [0.15, 0.2) is 42.1 Å². The van der Waals surface area contributed by atoms with Crippen molar-refractivity contribution in [2.75, 3.05) is 19.7 Å². The summed E-state index contributed by atoms with van der Waals surface area (Å²) >= 11 is 0. The largest absolute Gasteiger partial charge is 0.462 e. The molecule has 0 saturated carbocycles. The number of halogens is 1. The van der Waals surface area contributed by atoms with Crippen LogP contribution in [0.3, 0.4) is 0 Å². The molecule has 1 aliphatic heterocycles. The summed E-state index contributed by atoms with van der Waals surface area (Å²) in [7, 11) is 1.84. The van der Waals surface area contributed by atoms with E-state index in [4.69, 9.17) is 9.47 Å². The highest BCUT2D eigenvalue weighted by Crippen LogP contribution is 2.34. The smallest absolute Gasteiger partial charge is 0.410 e. The number of amides is 1. The van der Waals surface area contributed by atoms with Gasteiger partial charge in [-0.2, -0.15) is 5.10 Å². The monoisotopic (exact) mass is 465 g/mol. The SMILES string of the molecule is CCOC(=O)c1cc(F)ccc1-c1cc(C=C2CN(C(=O)OC(C)(C)C)C2)cc2c1cnn2C. The van der Waals surface area contributed by atoms with Crippen molar-refractivity contribution in [1.29, 1.82) is 0 Å². The number of likely N-dealkylation sites (tertiary alicyclic amines) is 1. The maximum Gasteiger partial charge on any atom is 0.410 e. The number of benzene rings is 2. The third-order valence-electron chi connectivity index (χ3n) is 5.47. The van der Waals surface area contributed by atoms with Crippen LogP contribution in [0.4, 0.5) is 9.18 Å². The normalized spacial score (nSPS) is 13.6. The van der Waals surface area contributed by atoms with Crippen molar-refractivity contribution in [1.82, 2.24) is 14.7 Å². The molecular weight excluding hydrogens is 437 g/mol. The van der Waals surface area contributed by atoms with Gasteiger partial charge in [-0.25, -0.2) is 14.0 Å². The molecule has 7 nitrogen and oxygen atoms in total. The van der Waals surface area contributed by atoms with Crippen LogP contribution in [-0.4, -0.2) is 52.0 Å². The first-order valence-corrected chi connectivity index (χ1v) is 11.2. The summed E-state index contributed by atoms with van der Waals surface area (Å²) in [5, 5.41) is 5.21. The molecule has 34 heavy (non-hydrogen) atoms. The standard InChI is InChI=1S/C26H28FN3O4/c1-6-33-24(31)21-12-18(27)7-8-19(21)20-10-16(11-23-22(20)13-28-29(23)5)9-17-14-30(15-17)25(32)34-26(2,3)4/h7-13H,6,14-15H2,1-5H3. The molecule has 0 N–H and O–H groups in total. The van der Waals surface area contributed by atoms with Gasteiger partial charge in [0.25, 0.3) is 0 Å². The lowest BCUT2D eigenvalue weighted by molar-refractivity contribution is 0.0216. The van der Waals surface area contributed by atoms with E-state index in [-0.39, 0.29) is 18.3 Å². The number of hydrogen-bond acceptors (Lipinski definition) is 5. The van der Waals surface area contributed by atoms with E-state index in [0.29, 0.717) is 18.7 Å². The van der Waals surface area contributed by atoms with Crippen LogP contribution in [0.2, 0.25) is 0 Å². The van der Waals surface area contributed by atoms with Gasteiger partial charge in [0.2, 0.25) is 0 Å². The highest BCUT2D eigenvalue weighted by Gasteiger charge is 2.29. The molecule has 3 aromatic rings. The van der Waals surface area contributed by atoms with Crippen molar-refractivity contribution in [3.05, 3.63) is 59.0 Å². The lowest BCUT2D eigenvalue weighted by Gasteiger charge is -2.35. The van der Waals surface area contributed by atoms with E-state index in [1.165, 1.54) is 12.1 Å². The Morgan fingerprint density at radius 2 is 1.88 bits per heavy atom. The van der Waals surface area contributed by atoms with E-state index in [0.717, 1.165) is 27.6 Å². The zero-order chi connectivity index (χ0) is 24.6. The highest BCUT2D eigenvalue weighted by molar-refractivity contribution is 6.04. The quantitative estimate of drug-likeness (QED) is 0.496. The molecule has 1 aromatic heterocycles. The average Bonchev–Trinajstić information content (AvgIpc) is 3.09. The molecule has 0 spiro atoms. The first-order valence-electron chi connectivity index (χ1n) is 11.2. The number of hydrogen-bond donors (Lipinski definition) is 0. The summed E-state index contributed by atoms with van der Waals surface area (Å²) in [4.78, 5) is 26.5. The maximum absolute atomic E-state index is 14.0. The van der Waals surface area contributed by atoms with Gasteiger partial charge in [-0.3, -0.25) is 4.68 Å². The van der Waals surface area contributed by atoms with Gasteiger partial charge in [0.05, 0.1) is 23.9 Å². The Morgan fingerprint density at radius 1 is 1.15 bits per heavy atom. The first kappa shape index (κ1) is 23.5. The maximum atomic E-state index is 14.0. The van der Waals surface area contributed by atoms with Gasteiger partial charge in [0, 0.05) is 25.5 Å². The Kier molecular flexibility index (Phi) is 6.17. The molecule has 1 fully saturated rings. The molecule has 0 aliphatic carbocycles. The summed E-state index contributed by atoms with van der Waals surface area (Å²) in [5.74, 6) is -1.09. The summed E-state index contributed by atoms with van der Waals surface area (Å²) in [6, 6.07) is 8.07. The fraction of sp³-hybridized carbons (Fsp3) is 0.346. The van der Waals surface area contributed by atoms with Gasteiger partial charge in [-0.15, -0.1) is 0 Å². The van der Waals surface area contributed by atoms with Crippen molar-refractivity contribution >= 4 is 29.0 Å². The molecular formula is C26H28FN3O4. The molecule has 0 radical (unpaired) electrons. The number of ether oxygens (including phenoxy) is 2. The topological polar surface area (TPSA) is 73.7 Å². The lowest BCUT2D eigenvalue weighted by atomic mass is 9.94. The third kappa shape index (κ3) is 4.81. The number of rotatable bonds is 4. The molecule has 2 heterocycles. The predicted molar refractivity (Wildman–Crippen MR) is 128 cm³/mol. The molecule has 1 aliphatic rings. The minimum absolute atomic E-state index is 0.163. The first-order chi connectivity index (χ1) is 16.1. The van der Waals surface area contributed by atoms with Crippen LogP contribution in [0.25, 0.3) is 28.1 Å². The summed E-state index contributed by atoms with van der Waals surface area (Å²) in [6.45, 7) is 8.39. The second-order valence-electron chi connectivity index (χ2n) is 9.32. The summed E-state index contributed by atoms with van der Waals surface area (Å²) < 4.78 is 26.4. The lowest BCUT2D eigenvalue weighted by Crippen LogP contribution is -2.46. The Bertz CT molecular complexity index is 1300. The number of fused-ring (bicyclic) bond motifs is 1. The van der Waals surface area contributed by atoms with Crippen LogP contribution in [0.5, 0.6) is 0 Å². The second kappa shape index (κ2) is 8.93. The number of carbonyl (C=O) groups is 2. The van der Waals surface area contributed by atoms with Gasteiger partial charge in [0.15, 0.2) is 0 Å². The fourth-order valence-corrected chi connectivity index (χ4v) is 3.93. The van der Waals surface area contributed by atoms with Crippen LogP contribution in [-0.2, 0) is 16.5 Å². The number of carbonyl (C=O) groups excluding carboxylic acids is 2. The molecule has 1 saturated heterocycles. The van der Waals surface area contributed by atoms with Gasteiger partial charge >= 0.3 is 12.1 Å². The van der Waals surface area contributed by atoms with Crippen molar-refractivity contribution in [3.8, 4) is 11.1 Å². The van der Waals surface area contributed by atoms with Gasteiger partial charge in [-0.1, -0.05) is 12.1 Å². The Labute approximate surface area is 197 Å². The third-order valence-corrected chi connectivity index (χ3v) is 5.47. The van der Waals surface area contributed by atoms with Crippen LogP contribution in [0.1, 0.15) is 43.6 Å². The number of esters is 1. The highest BCUT2D eigenvalue weighted by atomic mass is 19.1. The van der Waals surface area contributed by atoms with E-state index in [1.807, 2.05) is 46.0 Å². The number of aromatic nitrogens is 2. The minimum atomic E-state index is -0.579. The van der Waals surface area contributed by atoms with Crippen molar-refractivity contribution < 1.29 is 23.5 Å². The molecule has 0 unspecified atom stereocenters. The van der Waals surface area contributed by atoms with E-state index < -0.39 is 17.4 Å². The average molecular weight is 466 g/mol. The van der Waals surface area contributed by atoms with Gasteiger partial charge in [0.1, 0.15) is 11.4 Å².